The maximum Gasteiger partial charge on any atom is 0.159 e. The van der Waals surface area contributed by atoms with Gasteiger partial charge in [-0.15, -0.1) is 0 Å². The number of nitrogens with zero attached hydrogens (tertiary/aromatic N) is 1. The molecule has 2 fully saturated rings. The van der Waals surface area contributed by atoms with Crippen molar-refractivity contribution in [3.05, 3.63) is 35.4 Å². The van der Waals surface area contributed by atoms with Crippen molar-refractivity contribution in [1.29, 1.82) is 0 Å². The van der Waals surface area contributed by atoms with E-state index in [-0.39, 0.29) is 5.54 Å². The average Bonchev–Trinajstić information content (AvgIpc) is 3.12. The van der Waals surface area contributed by atoms with Crippen molar-refractivity contribution in [2.45, 2.75) is 50.2 Å². The van der Waals surface area contributed by atoms with Gasteiger partial charge in [-0.3, -0.25) is 4.90 Å². The molecule has 1 saturated carbocycles. The van der Waals surface area contributed by atoms with Gasteiger partial charge in [0.05, 0.1) is 11.6 Å². The Kier molecular flexibility index (Phi) is 3.78. The van der Waals surface area contributed by atoms with Crippen molar-refractivity contribution in [2.75, 3.05) is 13.1 Å². The molecule has 0 amide bonds. The molecular formula is C16H21F2NO. The Hall–Kier alpha value is -1.00. The Bertz CT molecular complexity index is 479. The monoisotopic (exact) mass is 281 g/mol. The van der Waals surface area contributed by atoms with Crippen LogP contribution in [0.5, 0.6) is 0 Å². The highest BCUT2D eigenvalue weighted by Gasteiger charge is 2.46. The maximum atomic E-state index is 13.4. The van der Waals surface area contributed by atoms with E-state index in [0.29, 0.717) is 5.56 Å². The van der Waals surface area contributed by atoms with Crippen LogP contribution in [0.1, 0.15) is 50.2 Å². The van der Waals surface area contributed by atoms with Gasteiger partial charge in [0.15, 0.2) is 11.6 Å². The summed E-state index contributed by atoms with van der Waals surface area (Å²) in [4.78, 5) is 2.37. The summed E-state index contributed by atoms with van der Waals surface area (Å²) in [7, 11) is 0. The Labute approximate surface area is 118 Å². The van der Waals surface area contributed by atoms with Crippen molar-refractivity contribution >= 4 is 0 Å². The first-order chi connectivity index (χ1) is 9.63. The number of likely N-dealkylation sites (tertiary alicyclic amines) is 1. The number of hydrogen-bond acceptors (Lipinski definition) is 2. The van der Waals surface area contributed by atoms with Gasteiger partial charge in [-0.05, 0) is 56.5 Å². The molecule has 1 saturated heterocycles. The second kappa shape index (κ2) is 5.41. The molecule has 0 radical (unpaired) electrons. The molecule has 1 aromatic carbocycles. The summed E-state index contributed by atoms with van der Waals surface area (Å²) in [6.45, 7) is 2.00. The number of rotatable bonds is 3. The van der Waals surface area contributed by atoms with E-state index in [1.807, 2.05) is 0 Å². The predicted molar refractivity (Wildman–Crippen MR) is 73.3 cm³/mol. The van der Waals surface area contributed by atoms with Gasteiger partial charge in [-0.1, -0.05) is 18.9 Å². The van der Waals surface area contributed by atoms with E-state index in [1.165, 1.54) is 6.07 Å². The van der Waals surface area contributed by atoms with Crippen LogP contribution >= 0.6 is 0 Å². The van der Waals surface area contributed by atoms with E-state index >= 15 is 0 Å². The summed E-state index contributed by atoms with van der Waals surface area (Å²) >= 11 is 0. The molecule has 0 spiro atoms. The molecule has 1 aromatic rings. The molecular weight excluding hydrogens is 260 g/mol. The highest BCUT2D eigenvalue weighted by atomic mass is 19.2. The number of benzene rings is 1. The van der Waals surface area contributed by atoms with E-state index in [2.05, 4.69) is 4.90 Å². The molecule has 110 valence electrons. The summed E-state index contributed by atoms with van der Waals surface area (Å²) in [6, 6.07) is 3.77. The minimum Gasteiger partial charge on any atom is -0.386 e. The average molecular weight is 281 g/mol. The first-order valence-electron chi connectivity index (χ1n) is 7.51. The second-order valence-electron chi connectivity index (χ2n) is 6.08. The third-order valence-electron chi connectivity index (χ3n) is 4.97. The van der Waals surface area contributed by atoms with Gasteiger partial charge in [0.25, 0.3) is 0 Å². The molecule has 2 nitrogen and oxygen atoms in total. The number of aliphatic hydroxyl groups excluding tert-OH is 1. The van der Waals surface area contributed by atoms with Crippen LogP contribution in [-0.4, -0.2) is 28.6 Å². The van der Waals surface area contributed by atoms with Gasteiger partial charge in [0.1, 0.15) is 0 Å². The lowest BCUT2D eigenvalue weighted by atomic mass is 9.84. The van der Waals surface area contributed by atoms with E-state index in [1.54, 1.807) is 0 Å². The fourth-order valence-electron chi connectivity index (χ4n) is 3.90. The molecule has 1 N–H and O–H groups in total. The first kappa shape index (κ1) is 14.0. The van der Waals surface area contributed by atoms with Gasteiger partial charge in [0, 0.05) is 0 Å². The molecule has 1 unspecified atom stereocenters. The fraction of sp³-hybridized carbons (Fsp3) is 0.625. The van der Waals surface area contributed by atoms with Crippen molar-refractivity contribution < 1.29 is 13.9 Å². The highest BCUT2D eigenvalue weighted by molar-refractivity contribution is 5.24. The van der Waals surface area contributed by atoms with E-state index in [0.717, 1.165) is 63.7 Å². The fourth-order valence-corrected chi connectivity index (χ4v) is 3.90. The van der Waals surface area contributed by atoms with Crippen LogP contribution in [0.3, 0.4) is 0 Å². The largest absolute Gasteiger partial charge is 0.386 e. The molecule has 1 atom stereocenters. The summed E-state index contributed by atoms with van der Waals surface area (Å²) in [5.74, 6) is -1.74. The molecule has 1 aliphatic heterocycles. The minimum absolute atomic E-state index is 0.277. The quantitative estimate of drug-likeness (QED) is 0.918. The van der Waals surface area contributed by atoms with Crippen molar-refractivity contribution in [3.8, 4) is 0 Å². The van der Waals surface area contributed by atoms with Crippen molar-refractivity contribution in [1.82, 2.24) is 4.90 Å². The van der Waals surface area contributed by atoms with E-state index < -0.39 is 17.7 Å². The zero-order chi connectivity index (χ0) is 14.2. The van der Waals surface area contributed by atoms with Gasteiger partial charge < -0.3 is 5.11 Å². The first-order valence-corrected chi connectivity index (χ1v) is 7.51. The number of aliphatic hydroxyl groups is 1. The smallest absolute Gasteiger partial charge is 0.159 e. The summed E-state index contributed by atoms with van der Waals surface area (Å²) < 4.78 is 26.5. The lowest BCUT2D eigenvalue weighted by molar-refractivity contribution is -0.0197. The summed E-state index contributed by atoms with van der Waals surface area (Å²) in [5, 5.41) is 10.8. The lowest BCUT2D eigenvalue weighted by Crippen LogP contribution is -2.49. The standard InChI is InChI=1S/C16H21F2NO/c17-13-6-5-12(11-14(13)18)15(20)16(7-1-2-8-16)19-9-3-4-10-19/h5-6,11,15,20H,1-4,7-10H2. The van der Waals surface area contributed by atoms with Crippen LogP contribution in [0.4, 0.5) is 8.78 Å². The predicted octanol–water partition coefficient (Wildman–Crippen LogP) is 3.41. The SMILES string of the molecule is OC(c1ccc(F)c(F)c1)C1(N2CCCC2)CCCC1. The zero-order valence-electron chi connectivity index (χ0n) is 11.6. The second-order valence-corrected chi connectivity index (χ2v) is 6.08. The Morgan fingerprint density at radius 2 is 1.65 bits per heavy atom. The topological polar surface area (TPSA) is 23.5 Å². The van der Waals surface area contributed by atoms with E-state index in [4.69, 9.17) is 0 Å². The Morgan fingerprint density at radius 1 is 1.00 bits per heavy atom. The van der Waals surface area contributed by atoms with Crippen LogP contribution < -0.4 is 0 Å². The normalized spacial score (nSPS) is 24.1. The minimum atomic E-state index is -0.879. The highest BCUT2D eigenvalue weighted by Crippen LogP contribution is 2.45. The molecule has 3 rings (SSSR count). The Morgan fingerprint density at radius 3 is 2.25 bits per heavy atom. The lowest BCUT2D eigenvalue weighted by Gasteiger charge is -2.42. The van der Waals surface area contributed by atoms with Crippen molar-refractivity contribution in [2.24, 2.45) is 0 Å². The third kappa shape index (κ3) is 2.25. The molecule has 20 heavy (non-hydrogen) atoms. The maximum absolute atomic E-state index is 13.4. The Balaban J connectivity index is 1.92. The molecule has 2 aliphatic rings. The summed E-state index contributed by atoms with van der Waals surface area (Å²) in [5.41, 5.74) is 0.221. The molecule has 0 aromatic heterocycles. The molecule has 4 heteroatoms. The molecule has 1 aliphatic carbocycles. The van der Waals surface area contributed by atoms with Crippen LogP contribution in [0.2, 0.25) is 0 Å². The molecule has 0 bridgehead atoms. The van der Waals surface area contributed by atoms with Gasteiger partial charge >= 0.3 is 0 Å². The number of hydrogen-bond donors (Lipinski definition) is 1. The number of halogens is 2. The van der Waals surface area contributed by atoms with Gasteiger partial charge in [0.2, 0.25) is 0 Å². The van der Waals surface area contributed by atoms with Crippen LogP contribution in [0.15, 0.2) is 18.2 Å². The third-order valence-corrected chi connectivity index (χ3v) is 4.97. The van der Waals surface area contributed by atoms with Crippen LogP contribution in [0, 0.1) is 11.6 Å². The van der Waals surface area contributed by atoms with Crippen LogP contribution in [-0.2, 0) is 0 Å². The molecule has 1 heterocycles. The summed E-state index contributed by atoms with van der Waals surface area (Å²) in [6.07, 6.45) is 5.64. The zero-order valence-corrected chi connectivity index (χ0v) is 11.6. The van der Waals surface area contributed by atoms with Crippen LogP contribution in [0.25, 0.3) is 0 Å². The van der Waals surface area contributed by atoms with Crippen molar-refractivity contribution in [3.63, 3.8) is 0 Å². The van der Waals surface area contributed by atoms with Gasteiger partial charge in [-0.25, -0.2) is 8.78 Å². The van der Waals surface area contributed by atoms with E-state index in [9.17, 15) is 13.9 Å². The van der Waals surface area contributed by atoms with Gasteiger partial charge in [-0.2, -0.15) is 0 Å².